The van der Waals surface area contributed by atoms with E-state index in [2.05, 4.69) is 16.0 Å². The molecule has 136 valence electrons. The highest BCUT2D eigenvalue weighted by molar-refractivity contribution is 7.80. The molecule has 2 aromatic carbocycles. The second-order valence-electron chi connectivity index (χ2n) is 5.38. The van der Waals surface area contributed by atoms with E-state index in [1.165, 1.54) is 0 Å². The lowest BCUT2D eigenvalue weighted by atomic mass is 10.2. The summed E-state index contributed by atoms with van der Waals surface area (Å²) in [4.78, 5) is 23.9. The van der Waals surface area contributed by atoms with Crippen LogP contribution in [0.1, 0.15) is 30.1 Å². The molecule has 2 amide bonds. The van der Waals surface area contributed by atoms with Crippen molar-refractivity contribution in [3.63, 3.8) is 0 Å². The standard InChI is InChI=1S/C18H17Cl2N3O2S/c1-2-5-16(24)21-11-8-9-14(20)15(10-11)22-18(26)23-17(25)12-6-3-4-7-13(12)19/h3-4,6-10H,2,5H2,1H3,(H,21,24)(H2,22,23,25,26). The van der Waals surface area contributed by atoms with Crippen LogP contribution in [0.25, 0.3) is 0 Å². The predicted octanol–water partition coefficient (Wildman–Crippen LogP) is 4.86. The summed E-state index contributed by atoms with van der Waals surface area (Å²) in [6.07, 6.45) is 1.18. The fourth-order valence-corrected chi connectivity index (χ4v) is 2.71. The zero-order valence-corrected chi connectivity index (χ0v) is 16.3. The molecular weight excluding hydrogens is 393 g/mol. The van der Waals surface area contributed by atoms with E-state index >= 15 is 0 Å². The van der Waals surface area contributed by atoms with Crippen molar-refractivity contribution in [2.24, 2.45) is 0 Å². The number of rotatable bonds is 5. The van der Waals surface area contributed by atoms with E-state index in [0.717, 1.165) is 6.42 Å². The first-order valence-electron chi connectivity index (χ1n) is 7.87. The molecule has 0 aromatic heterocycles. The summed E-state index contributed by atoms with van der Waals surface area (Å²) < 4.78 is 0. The Hall–Kier alpha value is -2.15. The Morgan fingerprint density at radius 3 is 2.46 bits per heavy atom. The Morgan fingerprint density at radius 2 is 1.77 bits per heavy atom. The lowest BCUT2D eigenvalue weighted by molar-refractivity contribution is -0.116. The molecule has 0 bridgehead atoms. The maximum absolute atomic E-state index is 12.2. The maximum Gasteiger partial charge on any atom is 0.258 e. The smallest absolute Gasteiger partial charge is 0.258 e. The second kappa shape index (κ2) is 9.52. The molecular formula is C18H17Cl2N3O2S. The van der Waals surface area contributed by atoms with Crippen LogP contribution in [-0.4, -0.2) is 16.9 Å². The third-order valence-electron chi connectivity index (χ3n) is 3.32. The lowest BCUT2D eigenvalue weighted by Gasteiger charge is -2.13. The zero-order chi connectivity index (χ0) is 19.1. The molecule has 0 radical (unpaired) electrons. The zero-order valence-electron chi connectivity index (χ0n) is 13.9. The van der Waals surface area contributed by atoms with Gasteiger partial charge in [0.15, 0.2) is 5.11 Å². The molecule has 0 aliphatic rings. The Morgan fingerprint density at radius 1 is 1.04 bits per heavy atom. The fraction of sp³-hybridized carbons (Fsp3) is 0.167. The van der Waals surface area contributed by atoms with Gasteiger partial charge in [-0.1, -0.05) is 42.3 Å². The van der Waals surface area contributed by atoms with Crippen molar-refractivity contribution < 1.29 is 9.59 Å². The highest BCUT2D eigenvalue weighted by Crippen LogP contribution is 2.25. The summed E-state index contributed by atoms with van der Waals surface area (Å²) in [5.41, 5.74) is 1.35. The highest BCUT2D eigenvalue weighted by atomic mass is 35.5. The van der Waals surface area contributed by atoms with Gasteiger partial charge in [0.1, 0.15) is 0 Å². The van der Waals surface area contributed by atoms with Gasteiger partial charge in [0, 0.05) is 12.1 Å². The Labute approximate surface area is 167 Å². The number of carbonyl (C=O) groups is 2. The fourth-order valence-electron chi connectivity index (χ4n) is 2.12. The normalized spacial score (nSPS) is 10.1. The molecule has 0 fully saturated rings. The number of amides is 2. The number of hydrogen-bond acceptors (Lipinski definition) is 3. The summed E-state index contributed by atoms with van der Waals surface area (Å²) >= 11 is 17.3. The van der Waals surface area contributed by atoms with Crippen molar-refractivity contribution in [2.75, 3.05) is 10.6 Å². The van der Waals surface area contributed by atoms with Crippen molar-refractivity contribution in [3.8, 4) is 0 Å². The van der Waals surface area contributed by atoms with E-state index in [-0.39, 0.29) is 11.0 Å². The number of benzene rings is 2. The molecule has 0 atom stereocenters. The van der Waals surface area contributed by atoms with Crippen LogP contribution >= 0.6 is 35.4 Å². The number of hydrogen-bond donors (Lipinski definition) is 3. The summed E-state index contributed by atoms with van der Waals surface area (Å²) in [6, 6.07) is 11.6. The molecule has 0 saturated carbocycles. The van der Waals surface area contributed by atoms with E-state index < -0.39 is 5.91 Å². The molecule has 8 heteroatoms. The molecule has 26 heavy (non-hydrogen) atoms. The number of halogens is 2. The second-order valence-corrected chi connectivity index (χ2v) is 6.60. The molecule has 5 nitrogen and oxygen atoms in total. The minimum Gasteiger partial charge on any atom is -0.331 e. The van der Waals surface area contributed by atoms with Gasteiger partial charge in [-0.15, -0.1) is 0 Å². The first kappa shape index (κ1) is 20.2. The molecule has 0 heterocycles. The van der Waals surface area contributed by atoms with E-state index in [1.807, 2.05) is 6.92 Å². The van der Waals surface area contributed by atoms with Crippen LogP contribution in [0.15, 0.2) is 42.5 Å². The van der Waals surface area contributed by atoms with Gasteiger partial charge in [-0.25, -0.2) is 0 Å². The maximum atomic E-state index is 12.2. The SMILES string of the molecule is CCCC(=O)Nc1ccc(Cl)c(NC(=S)NC(=O)c2ccccc2Cl)c1. The number of nitrogens with one attached hydrogen (secondary N) is 3. The third-order valence-corrected chi connectivity index (χ3v) is 4.18. The van der Waals surface area contributed by atoms with E-state index in [4.69, 9.17) is 35.4 Å². The molecule has 0 saturated heterocycles. The van der Waals surface area contributed by atoms with Crippen LogP contribution in [0.5, 0.6) is 0 Å². The van der Waals surface area contributed by atoms with E-state index in [1.54, 1.807) is 42.5 Å². The van der Waals surface area contributed by atoms with Crippen LogP contribution < -0.4 is 16.0 Å². The molecule has 2 aromatic rings. The quantitative estimate of drug-likeness (QED) is 0.616. The molecule has 0 aliphatic carbocycles. The van der Waals surface area contributed by atoms with Gasteiger partial charge in [0.25, 0.3) is 5.91 Å². The van der Waals surface area contributed by atoms with Crippen LogP contribution in [0.3, 0.4) is 0 Å². The summed E-state index contributed by atoms with van der Waals surface area (Å²) in [7, 11) is 0. The van der Waals surface area contributed by atoms with Gasteiger partial charge < -0.3 is 10.6 Å². The Kier molecular flexibility index (Phi) is 7.38. The summed E-state index contributed by atoms with van der Waals surface area (Å²) in [6.45, 7) is 1.93. The van der Waals surface area contributed by atoms with Crippen molar-refractivity contribution in [1.82, 2.24) is 5.32 Å². The van der Waals surface area contributed by atoms with Crippen LogP contribution in [0.4, 0.5) is 11.4 Å². The molecule has 0 spiro atoms. The summed E-state index contributed by atoms with van der Waals surface area (Å²) in [5, 5.41) is 8.95. The van der Waals surface area contributed by atoms with Gasteiger partial charge in [-0.05, 0) is 49.0 Å². The lowest BCUT2D eigenvalue weighted by Crippen LogP contribution is -2.34. The van der Waals surface area contributed by atoms with E-state index in [0.29, 0.717) is 33.4 Å². The molecule has 0 unspecified atom stereocenters. The first-order valence-corrected chi connectivity index (χ1v) is 9.03. The molecule has 3 N–H and O–H groups in total. The van der Waals surface area contributed by atoms with Gasteiger partial charge in [0.05, 0.1) is 21.3 Å². The molecule has 2 rings (SSSR count). The first-order chi connectivity index (χ1) is 12.4. The van der Waals surface area contributed by atoms with Crippen LogP contribution in [-0.2, 0) is 4.79 Å². The highest BCUT2D eigenvalue weighted by Gasteiger charge is 2.12. The largest absolute Gasteiger partial charge is 0.331 e. The van der Waals surface area contributed by atoms with Crippen molar-refractivity contribution >= 4 is 63.7 Å². The van der Waals surface area contributed by atoms with Crippen molar-refractivity contribution in [2.45, 2.75) is 19.8 Å². The van der Waals surface area contributed by atoms with Crippen LogP contribution in [0, 0.1) is 0 Å². The van der Waals surface area contributed by atoms with Gasteiger partial charge in [-0.2, -0.15) is 0 Å². The predicted molar refractivity (Wildman–Crippen MR) is 110 cm³/mol. The summed E-state index contributed by atoms with van der Waals surface area (Å²) in [5.74, 6) is -0.521. The molecule has 0 aliphatic heterocycles. The van der Waals surface area contributed by atoms with E-state index in [9.17, 15) is 9.59 Å². The number of thiocarbonyl (C=S) groups is 1. The van der Waals surface area contributed by atoms with Crippen molar-refractivity contribution in [1.29, 1.82) is 0 Å². The number of anilines is 2. The average Bonchev–Trinajstić information content (AvgIpc) is 2.58. The van der Waals surface area contributed by atoms with Gasteiger partial charge in [-0.3, -0.25) is 14.9 Å². The van der Waals surface area contributed by atoms with Crippen molar-refractivity contribution in [3.05, 3.63) is 58.1 Å². The Bertz CT molecular complexity index is 843. The average molecular weight is 410 g/mol. The van der Waals surface area contributed by atoms with Gasteiger partial charge >= 0.3 is 0 Å². The van der Waals surface area contributed by atoms with Gasteiger partial charge in [0.2, 0.25) is 5.91 Å². The number of carbonyl (C=O) groups excluding carboxylic acids is 2. The minimum absolute atomic E-state index is 0.0638. The monoisotopic (exact) mass is 409 g/mol. The van der Waals surface area contributed by atoms with Crippen LogP contribution in [0.2, 0.25) is 10.0 Å². The third kappa shape index (κ3) is 5.69. The topological polar surface area (TPSA) is 70.2 Å². The minimum atomic E-state index is -0.434. The Balaban J connectivity index is 2.05.